The van der Waals surface area contributed by atoms with E-state index in [1.165, 1.54) is 289 Å². The number of ether oxygens (including phenoxy) is 4. The van der Waals surface area contributed by atoms with Gasteiger partial charge in [0.1, 0.15) is 19.3 Å². The Labute approximate surface area is 651 Å². The van der Waals surface area contributed by atoms with Crippen LogP contribution in [0.3, 0.4) is 0 Å². The molecule has 0 aliphatic carbocycles. The summed E-state index contributed by atoms with van der Waals surface area (Å²) in [6.07, 6.45) is 73.9. The first-order valence-corrected chi connectivity index (χ1v) is 48.1. The van der Waals surface area contributed by atoms with Gasteiger partial charge in [-0.3, -0.25) is 37.3 Å². The summed E-state index contributed by atoms with van der Waals surface area (Å²) >= 11 is 0. The number of esters is 4. The van der Waals surface area contributed by atoms with Gasteiger partial charge >= 0.3 is 39.5 Å². The highest BCUT2D eigenvalue weighted by atomic mass is 31.2. The van der Waals surface area contributed by atoms with Gasteiger partial charge in [0, 0.05) is 25.7 Å². The van der Waals surface area contributed by atoms with Gasteiger partial charge in [-0.25, -0.2) is 9.13 Å². The zero-order valence-electron chi connectivity index (χ0n) is 69.6. The molecule has 0 bridgehead atoms. The second kappa shape index (κ2) is 79.7. The minimum absolute atomic E-state index is 0.108. The minimum Gasteiger partial charge on any atom is -0.462 e. The fraction of sp³-hybridized carbons (Fsp3) is 0.954. The fourth-order valence-corrected chi connectivity index (χ4v) is 15.2. The van der Waals surface area contributed by atoms with Crippen molar-refractivity contribution >= 4 is 39.5 Å². The Morgan fingerprint density at radius 3 is 0.642 bits per heavy atom. The lowest BCUT2D eigenvalue weighted by Crippen LogP contribution is -2.30. The molecular weight excluding hydrogens is 1380 g/mol. The summed E-state index contributed by atoms with van der Waals surface area (Å²) in [4.78, 5) is 73.1. The van der Waals surface area contributed by atoms with E-state index < -0.39 is 97.5 Å². The van der Waals surface area contributed by atoms with E-state index in [1.54, 1.807) is 0 Å². The monoisotopic (exact) mass is 1550 g/mol. The molecule has 0 aliphatic heterocycles. The molecule has 0 aromatic heterocycles. The molecule has 3 N–H and O–H groups in total. The summed E-state index contributed by atoms with van der Waals surface area (Å²) in [5.74, 6) is -1.32. The molecule has 17 nitrogen and oxygen atoms in total. The Hall–Kier alpha value is -1.94. The van der Waals surface area contributed by atoms with Gasteiger partial charge in [0.25, 0.3) is 0 Å². The lowest BCUT2D eigenvalue weighted by atomic mass is 10.0. The first-order valence-electron chi connectivity index (χ1n) is 45.1. The zero-order chi connectivity index (χ0) is 77.6. The van der Waals surface area contributed by atoms with Crippen molar-refractivity contribution in [1.29, 1.82) is 0 Å². The van der Waals surface area contributed by atoms with Gasteiger partial charge in [-0.05, 0) is 31.6 Å². The molecule has 0 aliphatic rings. The number of aliphatic hydroxyl groups is 1. The van der Waals surface area contributed by atoms with Crippen LogP contribution in [0, 0.1) is 5.92 Å². The van der Waals surface area contributed by atoms with Crippen LogP contribution >= 0.6 is 15.6 Å². The van der Waals surface area contributed by atoms with Gasteiger partial charge in [0.15, 0.2) is 12.2 Å². The van der Waals surface area contributed by atoms with Gasteiger partial charge in [-0.15, -0.1) is 0 Å². The molecule has 0 heterocycles. The van der Waals surface area contributed by atoms with Crippen molar-refractivity contribution in [3.8, 4) is 0 Å². The summed E-state index contributed by atoms with van der Waals surface area (Å²) in [6, 6.07) is 0. The highest BCUT2D eigenvalue weighted by Crippen LogP contribution is 2.45. The number of phosphoric ester groups is 2. The van der Waals surface area contributed by atoms with Gasteiger partial charge in [-0.2, -0.15) is 0 Å². The number of phosphoric acid groups is 2. The third kappa shape index (κ3) is 80.1. The molecule has 5 atom stereocenters. The Balaban J connectivity index is 5.17. The lowest BCUT2D eigenvalue weighted by molar-refractivity contribution is -0.161. The molecule has 0 amide bonds. The summed E-state index contributed by atoms with van der Waals surface area (Å²) in [6.45, 7) is 7.35. The van der Waals surface area contributed by atoms with Crippen molar-refractivity contribution in [2.45, 2.75) is 490 Å². The molecule has 0 spiro atoms. The van der Waals surface area contributed by atoms with E-state index in [9.17, 15) is 43.2 Å². The SMILES string of the molecule is CCCCCCCCCCCCCCCCCCCCCCCCC(=O)O[C@H](COC(=O)CCCCCCCCCCCCCCCCCCCCCC)COP(=O)(O)OC[C@@H](O)COP(=O)(O)OC[C@@H](COC(=O)CCCCCCCCCC)OC(=O)CCCCCCCCCCCCCCCC(C)C. The molecule has 19 heteroatoms. The molecule has 0 rings (SSSR count). The van der Waals surface area contributed by atoms with E-state index in [4.69, 9.17) is 37.0 Å². The van der Waals surface area contributed by atoms with Crippen LogP contribution in [0.1, 0.15) is 471 Å². The normalized spacial score (nSPS) is 13.7. The number of hydrogen-bond acceptors (Lipinski definition) is 15. The number of rotatable bonds is 87. The third-order valence-electron chi connectivity index (χ3n) is 20.5. The number of aliphatic hydroxyl groups excluding tert-OH is 1. The highest BCUT2D eigenvalue weighted by molar-refractivity contribution is 7.47. The summed E-state index contributed by atoms with van der Waals surface area (Å²) in [5, 5.41) is 10.7. The van der Waals surface area contributed by atoms with E-state index >= 15 is 0 Å². The number of hydrogen-bond donors (Lipinski definition) is 3. The van der Waals surface area contributed by atoms with Crippen molar-refractivity contribution in [2.75, 3.05) is 39.6 Å². The molecule has 0 saturated heterocycles. The van der Waals surface area contributed by atoms with E-state index in [-0.39, 0.29) is 25.7 Å². The average Bonchev–Trinajstić information content (AvgIpc) is 0.905. The lowest BCUT2D eigenvalue weighted by Gasteiger charge is -2.21. The maximum Gasteiger partial charge on any atom is 0.472 e. The number of unbranched alkanes of at least 4 members (excludes halogenated alkanes) is 59. The van der Waals surface area contributed by atoms with Crippen LogP contribution < -0.4 is 0 Å². The van der Waals surface area contributed by atoms with Crippen LogP contribution in [0.5, 0.6) is 0 Å². The van der Waals surface area contributed by atoms with E-state index in [1.807, 2.05) is 0 Å². The first-order chi connectivity index (χ1) is 51.5. The number of carbonyl (C=O) groups is 4. The van der Waals surface area contributed by atoms with E-state index in [0.717, 1.165) is 102 Å². The Kier molecular flexibility index (Phi) is 78.2. The van der Waals surface area contributed by atoms with Crippen LogP contribution in [0.15, 0.2) is 0 Å². The second-order valence-corrected chi connectivity index (χ2v) is 34.7. The summed E-state index contributed by atoms with van der Waals surface area (Å²) in [7, 11) is -9.92. The third-order valence-corrected chi connectivity index (χ3v) is 22.4. The molecule has 630 valence electrons. The summed E-state index contributed by atoms with van der Waals surface area (Å²) in [5.41, 5.74) is 0. The highest BCUT2D eigenvalue weighted by Gasteiger charge is 2.30. The van der Waals surface area contributed by atoms with Crippen molar-refractivity contribution < 1.29 is 80.2 Å². The molecule has 0 aromatic carbocycles. The van der Waals surface area contributed by atoms with Gasteiger partial charge < -0.3 is 33.8 Å². The zero-order valence-corrected chi connectivity index (χ0v) is 71.4. The quantitative estimate of drug-likeness (QED) is 0.0222. The molecular formula is C87H170O17P2. The van der Waals surface area contributed by atoms with Crippen LogP contribution in [0.2, 0.25) is 0 Å². The fourth-order valence-electron chi connectivity index (χ4n) is 13.6. The topological polar surface area (TPSA) is 237 Å². The van der Waals surface area contributed by atoms with E-state index in [2.05, 4.69) is 34.6 Å². The average molecular weight is 1550 g/mol. The largest absolute Gasteiger partial charge is 0.472 e. The summed E-state index contributed by atoms with van der Waals surface area (Å²) < 4.78 is 68.8. The van der Waals surface area contributed by atoms with Crippen molar-refractivity contribution in [1.82, 2.24) is 0 Å². The van der Waals surface area contributed by atoms with Crippen molar-refractivity contribution in [3.05, 3.63) is 0 Å². The van der Waals surface area contributed by atoms with Gasteiger partial charge in [-0.1, -0.05) is 420 Å². The first kappa shape index (κ1) is 104. The van der Waals surface area contributed by atoms with Crippen LogP contribution in [-0.2, 0) is 65.4 Å². The molecule has 0 saturated carbocycles. The Bertz CT molecular complexity index is 2010. The van der Waals surface area contributed by atoms with Gasteiger partial charge in [0.2, 0.25) is 0 Å². The van der Waals surface area contributed by atoms with Crippen LogP contribution in [-0.4, -0.2) is 96.7 Å². The standard InChI is InChI=1S/C87H170O17P2/c1-6-9-12-15-18-21-23-25-27-29-31-33-34-36-38-40-44-48-52-57-62-67-72-87(92)104-83(77-98-85(90)71-66-61-56-51-47-43-39-37-35-32-30-28-26-24-22-19-16-13-10-7-2)79-102-106(95,96)100-75-81(88)74-99-105(93,94)101-78-82(76-97-84(89)70-65-60-55-20-17-14-11-8-3)103-86(91)73-68-63-58-53-49-45-41-42-46-50-54-59-64-69-80(4)5/h80-83,88H,6-79H2,1-5H3,(H,93,94)(H,95,96)/t81-,82+,83+/m0/s1. The minimum atomic E-state index is -4.97. The van der Waals surface area contributed by atoms with Crippen molar-refractivity contribution in [2.24, 2.45) is 5.92 Å². The van der Waals surface area contributed by atoms with Crippen molar-refractivity contribution in [3.63, 3.8) is 0 Å². The van der Waals surface area contributed by atoms with Crippen LogP contribution in [0.25, 0.3) is 0 Å². The molecule has 0 radical (unpaired) electrons. The predicted octanol–water partition coefficient (Wildman–Crippen LogP) is 26.8. The van der Waals surface area contributed by atoms with Gasteiger partial charge in [0.05, 0.1) is 26.4 Å². The molecule has 0 fully saturated rings. The molecule has 106 heavy (non-hydrogen) atoms. The second-order valence-electron chi connectivity index (χ2n) is 31.8. The Morgan fingerprint density at radius 2 is 0.434 bits per heavy atom. The smallest absolute Gasteiger partial charge is 0.462 e. The number of carbonyl (C=O) groups excluding carboxylic acids is 4. The Morgan fingerprint density at radius 1 is 0.255 bits per heavy atom. The van der Waals surface area contributed by atoms with Crippen LogP contribution in [0.4, 0.5) is 0 Å². The van der Waals surface area contributed by atoms with E-state index in [0.29, 0.717) is 25.7 Å². The maximum absolute atomic E-state index is 13.1. The molecule has 0 aromatic rings. The maximum atomic E-state index is 13.1. The molecule has 2 unspecified atom stereocenters. The predicted molar refractivity (Wildman–Crippen MR) is 437 cm³/mol.